The highest BCUT2D eigenvalue weighted by atomic mass is 14.3. The Bertz CT molecular complexity index is 324. The average molecular weight is 317 g/mol. The minimum absolute atomic E-state index is 0.885. The van der Waals surface area contributed by atoms with Crippen LogP contribution in [0.1, 0.15) is 96.8 Å². The lowest BCUT2D eigenvalue weighted by Gasteiger charge is -2.28. The van der Waals surface area contributed by atoms with Crippen LogP contribution in [-0.4, -0.2) is 0 Å². The van der Waals surface area contributed by atoms with Gasteiger partial charge in [0.1, 0.15) is 0 Å². The fourth-order valence-corrected chi connectivity index (χ4v) is 4.86. The minimum Gasteiger partial charge on any atom is -0.103 e. The minimum atomic E-state index is 0.885. The second-order valence-electron chi connectivity index (χ2n) is 8.33. The van der Waals surface area contributed by atoms with E-state index in [1.54, 1.807) is 0 Å². The van der Waals surface area contributed by atoms with E-state index in [0.29, 0.717) is 0 Å². The zero-order valence-corrected chi connectivity index (χ0v) is 15.6. The molecule has 0 radical (unpaired) electrons. The van der Waals surface area contributed by atoms with E-state index in [2.05, 4.69) is 31.7 Å². The molecule has 0 unspecified atom stereocenters. The predicted molar refractivity (Wildman–Crippen MR) is 104 cm³/mol. The highest BCUT2D eigenvalue weighted by Gasteiger charge is 2.20. The van der Waals surface area contributed by atoms with Gasteiger partial charge in [-0.25, -0.2) is 0 Å². The highest BCUT2D eigenvalue weighted by molar-refractivity contribution is 4.92. The first kappa shape index (κ1) is 18.8. The van der Waals surface area contributed by atoms with Gasteiger partial charge < -0.3 is 0 Å². The van der Waals surface area contributed by atoms with Crippen LogP contribution in [0.3, 0.4) is 0 Å². The standard InChI is InChI=1S/C23H40/c1-3-5-9-21-16-18-23(19-17-21)11-7-6-10-22-14-12-20(8-4-2)13-15-22/h3,7,11,20-23H,1,4-6,8-10,12-19H2,2H3/b11-7+. The molecule has 23 heavy (non-hydrogen) atoms. The summed E-state index contributed by atoms with van der Waals surface area (Å²) < 4.78 is 0. The molecule has 0 spiro atoms. The van der Waals surface area contributed by atoms with Crippen LogP contribution in [0.15, 0.2) is 24.8 Å². The van der Waals surface area contributed by atoms with E-state index >= 15 is 0 Å². The Kier molecular flexibility index (Phi) is 9.09. The molecule has 2 aliphatic rings. The van der Waals surface area contributed by atoms with Gasteiger partial charge in [-0.1, -0.05) is 63.7 Å². The third-order valence-electron chi connectivity index (χ3n) is 6.48. The molecule has 0 aliphatic heterocycles. The van der Waals surface area contributed by atoms with Crippen LogP contribution < -0.4 is 0 Å². The molecule has 132 valence electrons. The third-order valence-corrected chi connectivity index (χ3v) is 6.48. The quantitative estimate of drug-likeness (QED) is 0.382. The third kappa shape index (κ3) is 7.27. The number of hydrogen-bond acceptors (Lipinski definition) is 0. The summed E-state index contributed by atoms with van der Waals surface area (Å²) in [7, 11) is 0. The maximum absolute atomic E-state index is 3.85. The summed E-state index contributed by atoms with van der Waals surface area (Å²) in [5.41, 5.74) is 0. The van der Waals surface area contributed by atoms with E-state index in [4.69, 9.17) is 0 Å². The zero-order valence-electron chi connectivity index (χ0n) is 15.6. The van der Waals surface area contributed by atoms with Gasteiger partial charge in [-0.3, -0.25) is 0 Å². The molecule has 0 aromatic rings. The molecule has 0 heteroatoms. The van der Waals surface area contributed by atoms with Crippen molar-refractivity contribution < 1.29 is 0 Å². The molecule has 2 saturated carbocycles. The molecule has 0 saturated heterocycles. The molecule has 2 aliphatic carbocycles. The maximum atomic E-state index is 3.85. The molecule has 0 aromatic carbocycles. The Morgan fingerprint density at radius 3 is 1.83 bits per heavy atom. The predicted octanol–water partition coefficient (Wildman–Crippen LogP) is 7.70. The zero-order chi connectivity index (χ0) is 16.3. The van der Waals surface area contributed by atoms with Gasteiger partial charge in [0, 0.05) is 0 Å². The number of allylic oxidation sites excluding steroid dienone is 3. The molecule has 0 N–H and O–H groups in total. The Hall–Kier alpha value is -0.520. The molecule has 0 aromatic heterocycles. The topological polar surface area (TPSA) is 0 Å². The molecule has 2 rings (SSSR count). The van der Waals surface area contributed by atoms with Gasteiger partial charge in [0.15, 0.2) is 0 Å². The second kappa shape index (κ2) is 11.1. The Balaban J connectivity index is 1.53. The molecule has 0 heterocycles. The van der Waals surface area contributed by atoms with Gasteiger partial charge in [0.25, 0.3) is 0 Å². The molecular weight excluding hydrogens is 276 g/mol. The summed E-state index contributed by atoms with van der Waals surface area (Å²) in [6.07, 6.45) is 27.2. The van der Waals surface area contributed by atoms with Crippen LogP contribution in [0.25, 0.3) is 0 Å². The van der Waals surface area contributed by atoms with Crippen molar-refractivity contribution in [2.75, 3.05) is 0 Å². The number of rotatable bonds is 9. The van der Waals surface area contributed by atoms with E-state index < -0.39 is 0 Å². The largest absolute Gasteiger partial charge is 0.103 e. The second-order valence-corrected chi connectivity index (χ2v) is 8.33. The monoisotopic (exact) mass is 316 g/mol. The smallest absolute Gasteiger partial charge is 0.0233 e. The van der Waals surface area contributed by atoms with Crippen molar-refractivity contribution in [3.05, 3.63) is 24.8 Å². The first-order valence-electron chi connectivity index (χ1n) is 10.6. The first-order chi connectivity index (χ1) is 11.3. The maximum Gasteiger partial charge on any atom is -0.0233 e. The number of hydrogen-bond donors (Lipinski definition) is 0. The van der Waals surface area contributed by atoms with E-state index in [1.165, 1.54) is 89.9 Å². The van der Waals surface area contributed by atoms with Crippen molar-refractivity contribution in [2.45, 2.75) is 96.8 Å². The Labute approximate surface area is 145 Å². The Morgan fingerprint density at radius 2 is 1.26 bits per heavy atom. The fraction of sp³-hybridized carbons (Fsp3) is 0.826. The van der Waals surface area contributed by atoms with Crippen LogP contribution in [-0.2, 0) is 0 Å². The molecule has 0 atom stereocenters. The van der Waals surface area contributed by atoms with Crippen molar-refractivity contribution in [1.29, 1.82) is 0 Å². The van der Waals surface area contributed by atoms with Gasteiger partial charge in [-0.2, -0.15) is 0 Å². The molecule has 0 nitrogen and oxygen atoms in total. The summed E-state index contributed by atoms with van der Waals surface area (Å²) >= 11 is 0. The molecule has 2 fully saturated rings. The summed E-state index contributed by atoms with van der Waals surface area (Å²) in [6, 6.07) is 0. The first-order valence-corrected chi connectivity index (χ1v) is 10.6. The Morgan fingerprint density at radius 1 is 0.739 bits per heavy atom. The van der Waals surface area contributed by atoms with Crippen molar-refractivity contribution in [2.24, 2.45) is 23.7 Å². The summed E-state index contributed by atoms with van der Waals surface area (Å²) in [4.78, 5) is 0. The lowest BCUT2D eigenvalue weighted by molar-refractivity contribution is 0.253. The fourth-order valence-electron chi connectivity index (χ4n) is 4.86. The van der Waals surface area contributed by atoms with E-state index in [0.717, 1.165) is 23.7 Å². The van der Waals surface area contributed by atoms with Crippen molar-refractivity contribution in [3.8, 4) is 0 Å². The lowest BCUT2D eigenvalue weighted by Crippen LogP contribution is -2.14. The van der Waals surface area contributed by atoms with Crippen LogP contribution in [0.5, 0.6) is 0 Å². The normalized spacial score (nSPS) is 32.2. The van der Waals surface area contributed by atoms with Crippen LogP contribution in [0, 0.1) is 23.7 Å². The van der Waals surface area contributed by atoms with Gasteiger partial charge in [-0.15, -0.1) is 6.58 Å². The van der Waals surface area contributed by atoms with E-state index in [9.17, 15) is 0 Å². The summed E-state index contributed by atoms with van der Waals surface area (Å²) in [5, 5.41) is 0. The molecule has 0 bridgehead atoms. The van der Waals surface area contributed by atoms with Crippen molar-refractivity contribution in [1.82, 2.24) is 0 Å². The van der Waals surface area contributed by atoms with Crippen molar-refractivity contribution >= 4 is 0 Å². The summed E-state index contributed by atoms with van der Waals surface area (Å²) in [5.74, 6) is 3.96. The van der Waals surface area contributed by atoms with E-state index in [1.807, 2.05) is 0 Å². The van der Waals surface area contributed by atoms with Crippen LogP contribution in [0.4, 0.5) is 0 Å². The highest BCUT2D eigenvalue weighted by Crippen LogP contribution is 2.35. The summed E-state index contributed by atoms with van der Waals surface area (Å²) in [6.45, 7) is 6.19. The van der Waals surface area contributed by atoms with Gasteiger partial charge in [0.2, 0.25) is 0 Å². The average Bonchev–Trinajstić information content (AvgIpc) is 2.59. The van der Waals surface area contributed by atoms with Gasteiger partial charge >= 0.3 is 0 Å². The van der Waals surface area contributed by atoms with Crippen LogP contribution in [0.2, 0.25) is 0 Å². The van der Waals surface area contributed by atoms with Gasteiger partial charge in [-0.05, 0) is 75.0 Å². The van der Waals surface area contributed by atoms with Crippen molar-refractivity contribution in [3.63, 3.8) is 0 Å². The molecular formula is C23H40. The van der Waals surface area contributed by atoms with Crippen LogP contribution >= 0.6 is 0 Å². The molecule has 0 amide bonds. The lowest BCUT2D eigenvalue weighted by atomic mass is 9.78. The SMILES string of the molecule is C=CCCC1CCC(/C=C/CCC2CCC(CCC)CC2)CC1. The van der Waals surface area contributed by atoms with Gasteiger partial charge in [0.05, 0.1) is 0 Å². The van der Waals surface area contributed by atoms with E-state index in [-0.39, 0.29) is 0 Å².